The highest BCUT2D eigenvalue weighted by molar-refractivity contribution is 5.84. The number of carbonyl (C=O) groups excluding carboxylic acids is 1. The molecule has 1 aliphatic carbocycles. The number of carbonyl (C=O) groups is 1. The van der Waals surface area contributed by atoms with Gasteiger partial charge in [0.25, 0.3) is 5.82 Å². The monoisotopic (exact) mass is 251 g/mol. The van der Waals surface area contributed by atoms with Crippen LogP contribution in [-0.2, 0) is 9.47 Å². The van der Waals surface area contributed by atoms with Crippen LogP contribution < -0.4 is 0 Å². The van der Waals surface area contributed by atoms with Gasteiger partial charge in [0, 0.05) is 6.61 Å². The lowest BCUT2D eigenvalue weighted by Gasteiger charge is -2.47. The summed E-state index contributed by atoms with van der Waals surface area (Å²) >= 11 is 0. The number of hydrogen-bond acceptors (Lipinski definition) is 5. The fourth-order valence-corrected chi connectivity index (χ4v) is 2.78. The molecular weight excluding hydrogens is 234 g/mol. The first-order chi connectivity index (χ1) is 8.72. The van der Waals surface area contributed by atoms with Crippen molar-refractivity contribution in [3.8, 4) is 0 Å². The van der Waals surface area contributed by atoms with Crippen LogP contribution in [-0.4, -0.2) is 40.1 Å². The maximum Gasteiger partial charge on any atom is 0.377 e. The van der Waals surface area contributed by atoms with Crippen LogP contribution in [0.5, 0.6) is 0 Å². The van der Waals surface area contributed by atoms with Gasteiger partial charge in [-0.2, -0.15) is 0 Å². The van der Waals surface area contributed by atoms with E-state index in [-0.39, 0.29) is 17.5 Å². The Kier molecular flexibility index (Phi) is 2.81. The Morgan fingerprint density at radius 3 is 3.11 bits per heavy atom. The second kappa shape index (κ2) is 4.35. The van der Waals surface area contributed by atoms with Gasteiger partial charge in [0.15, 0.2) is 0 Å². The van der Waals surface area contributed by atoms with Gasteiger partial charge in [0.2, 0.25) is 0 Å². The molecule has 6 nitrogen and oxygen atoms in total. The maximum atomic E-state index is 11.3. The van der Waals surface area contributed by atoms with E-state index in [4.69, 9.17) is 4.74 Å². The van der Waals surface area contributed by atoms with Crippen molar-refractivity contribution in [1.29, 1.82) is 0 Å². The minimum Gasteiger partial charge on any atom is -0.463 e. The van der Waals surface area contributed by atoms with Gasteiger partial charge in [-0.1, -0.05) is 0 Å². The Labute approximate surface area is 105 Å². The third kappa shape index (κ3) is 1.90. The molecule has 1 atom stereocenters. The van der Waals surface area contributed by atoms with Crippen LogP contribution in [0.25, 0.3) is 0 Å². The highest BCUT2D eigenvalue weighted by Crippen LogP contribution is 2.45. The Morgan fingerprint density at radius 1 is 1.61 bits per heavy atom. The van der Waals surface area contributed by atoms with Crippen molar-refractivity contribution in [3.63, 3.8) is 0 Å². The van der Waals surface area contributed by atoms with Crippen molar-refractivity contribution in [2.45, 2.75) is 43.7 Å². The van der Waals surface area contributed by atoms with Crippen molar-refractivity contribution in [1.82, 2.24) is 14.8 Å². The van der Waals surface area contributed by atoms with Gasteiger partial charge < -0.3 is 9.47 Å². The van der Waals surface area contributed by atoms with E-state index in [1.54, 1.807) is 11.0 Å². The molecule has 6 heteroatoms. The fraction of sp³-hybridized carbons (Fsp3) is 0.750. The summed E-state index contributed by atoms with van der Waals surface area (Å²) in [5.74, 6) is -0.356. The summed E-state index contributed by atoms with van der Waals surface area (Å²) < 4.78 is 12.3. The molecule has 1 saturated heterocycles. The molecule has 1 aromatic rings. The fourth-order valence-electron chi connectivity index (χ4n) is 2.78. The van der Waals surface area contributed by atoms with Gasteiger partial charge in [-0.05, 0) is 32.1 Å². The Hall–Kier alpha value is -1.43. The zero-order valence-corrected chi connectivity index (χ0v) is 10.5. The average molecular weight is 251 g/mol. The predicted molar refractivity (Wildman–Crippen MR) is 62.2 cm³/mol. The van der Waals surface area contributed by atoms with Crippen molar-refractivity contribution in [2.75, 3.05) is 13.7 Å². The minimum absolute atomic E-state index is 0.0697. The molecule has 1 aliphatic heterocycles. The average Bonchev–Trinajstić information content (AvgIpc) is 2.86. The van der Waals surface area contributed by atoms with E-state index < -0.39 is 5.97 Å². The number of nitrogens with zero attached hydrogens (tertiary/aromatic N) is 3. The van der Waals surface area contributed by atoms with E-state index in [0.717, 1.165) is 32.3 Å². The van der Waals surface area contributed by atoms with Crippen LogP contribution in [0.15, 0.2) is 6.33 Å². The SMILES string of the molecule is COC(=O)c1ncn(C2CCOC3(CCC3)C2)n1. The van der Waals surface area contributed by atoms with E-state index in [1.807, 2.05) is 0 Å². The van der Waals surface area contributed by atoms with Crippen molar-refractivity contribution in [2.24, 2.45) is 0 Å². The molecule has 2 heterocycles. The molecule has 0 radical (unpaired) electrons. The highest BCUT2D eigenvalue weighted by atomic mass is 16.5. The lowest BCUT2D eigenvalue weighted by atomic mass is 9.74. The molecule has 0 aromatic carbocycles. The zero-order chi connectivity index (χ0) is 12.6. The zero-order valence-electron chi connectivity index (χ0n) is 10.5. The number of rotatable bonds is 2. The first-order valence-electron chi connectivity index (χ1n) is 6.36. The number of esters is 1. The van der Waals surface area contributed by atoms with Crippen LogP contribution in [0.1, 0.15) is 48.8 Å². The Morgan fingerprint density at radius 2 is 2.44 bits per heavy atom. The number of ether oxygens (including phenoxy) is 2. The second-order valence-electron chi connectivity index (χ2n) is 5.07. The standard InChI is InChI=1S/C12H17N3O3/c1-17-11(16)10-13-8-15(14-10)9-3-6-18-12(7-9)4-2-5-12/h8-9H,2-7H2,1H3. The summed E-state index contributed by atoms with van der Waals surface area (Å²) in [6, 6.07) is 0.282. The summed E-state index contributed by atoms with van der Waals surface area (Å²) in [5, 5.41) is 4.20. The third-order valence-corrected chi connectivity index (χ3v) is 3.98. The van der Waals surface area contributed by atoms with Crippen molar-refractivity contribution in [3.05, 3.63) is 12.2 Å². The van der Waals surface area contributed by atoms with E-state index >= 15 is 0 Å². The van der Waals surface area contributed by atoms with E-state index in [1.165, 1.54) is 13.5 Å². The molecule has 3 rings (SSSR count). The molecular formula is C12H17N3O3. The first kappa shape index (κ1) is 11.6. The van der Waals surface area contributed by atoms with Gasteiger partial charge in [0.1, 0.15) is 6.33 Å². The van der Waals surface area contributed by atoms with Crippen LogP contribution in [0.4, 0.5) is 0 Å². The highest BCUT2D eigenvalue weighted by Gasteiger charge is 2.43. The molecule has 18 heavy (non-hydrogen) atoms. The molecule has 0 amide bonds. The Balaban J connectivity index is 1.74. The lowest BCUT2D eigenvalue weighted by Crippen LogP contribution is -2.46. The normalized spacial score (nSPS) is 25.7. The Bertz CT molecular complexity index is 453. The molecule has 98 valence electrons. The van der Waals surface area contributed by atoms with Crippen LogP contribution in [0.3, 0.4) is 0 Å². The number of methoxy groups -OCH3 is 1. The molecule has 0 N–H and O–H groups in total. The first-order valence-corrected chi connectivity index (χ1v) is 6.36. The summed E-state index contributed by atoms with van der Waals surface area (Å²) in [6.45, 7) is 0.762. The van der Waals surface area contributed by atoms with Crippen LogP contribution in [0, 0.1) is 0 Å². The molecule has 1 saturated carbocycles. The molecule has 1 unspecified atom stereocenters. The molecule has 0 bridgehead atoms. The third-order valence-electron chi connectivity index (χ3n) is 3.98. The number of aromatic nitrogens is 3. The van der Waals surface area contributed by atoms with E-state index in [0.29, 0.717) is 0 Å². The lowest BCUT2D eigenvalue weighted by molar-refractivity contribution is -0.141. The molecule has 2 aliphatic rings. The van der Waals surface area contributed by atoms with E-state index in [2.05, 4.69) is 14.8 Å². The van der Waals surface area contributed by atoms with Gasteiger partial charge in [-0.25, -0.2) is 14.5 Å². The van der Waals surface area contributed by atoms with Crippen LogP contribution in [0.2, 0.25) is 0 Å². The van der Waals surface area contributed by atoms with Crippen LogP contribution >= 0.6 is 0 Å². The van der Waals surface area contributed by atoms with Crippen molar-refractivity contribution < 1.29 is 14.3 Å². The molecule has 1 aromatic heterocycles. The van der Waals surface area contributed by atoms with E-state index in [9.17, 15) is 4.79 Å². The summed E-state index contributed by atoms with van der Waals surface area (Å²) in [5.41, 5.74) is 0.0697. The van der Waals surface area contributed by atoms with Crippen molar-refractivity contribution >= 4 is 5.97 Å². The summed E-state index contributed by atoms with van der Waals surface area (Å²) in [6.07, 6.45) is 7.04. The largest absolute Gasteiger partial charge is 0.463 e. The quantitative estimate of drug-likeness (QED) is 0.742. The van der Waals surface area contributed by atoms with Gasteiger partial charge in [-0.15, -0.1) is 5.10 Å². The second-order valence-corrected chi connectivity index (χ2v) is 5.07. The minimum atomic E-state index is -0.487. The van der Waals surface area contributed by atoms with Gasteiger partial charge in [0.05, 0.1) is 18.8 Å². The van der Waals surface area contributed by atoms with Gasteiger partial charge >= 0.3 is 5.97 Å². The molecule has 2 fully saturated rings. The van der Waals surface area contributed by atoms with Gasteiger partial charge in [-0.3, -0.25) is 0 Å². The molecule has 1 spiro atoms. The maximum absolute atomic E-state index is 11.3. The number of hydrogen-bond donors (Lipinski definition) is 0. The topological polar surface area (TPSA) is 66.2 Å². The summed E-state index contributed by atoms with van der Waals surface area (Å²) in [7, 11) is 1.33. The smallest absolute Gasteiger partial charge is 0.377 e. The predicted octanol–water partition coefficient (Wildman–Crippen LogP) is 1.34. The summed E-state index contributed by atoms with van der Waals surface area (Å²) in [4.78, 5) is 15.3.